The third kappa shape index (κ3) is 4.56. The van der Waals surface area contributed by atoms with Crippen LogP contribution in [-0.4, -0.2) is 17.0 Å². The van der Waals surface area contributed by atoms with Gasteiger partial charge in [0.2, 0.25) is 5.91 Å². The number of carboxylic acid groups (broad SMARTS) is 1. The van der Waals surface area contributed by atoms with Crippen molar-refractivity contribution in [2.45, 2.75) is 32.0 Å². The maximum Gasteiger partial charge on any atom is 0.416 e. The van der Waals surface area contributed by atoms with Crippen LogP contribution in [0.25, 0.3) is 0 Å². The molecule has 0 saturated carbocycles. The second-order valence-corrected chi connectivity index (χ2v) is 4.27. The highest BCUT2D eigenvalue weighted by Crippen LogP contribution is 2.34. The normalized spacial score (nSPS) is 12.8. The second kappa shape index (κ2) is 6.40. The molecule has 0 bridgehead atoms. The van der Waals surface area contributed by atoms with Crippen LogP contribution in [0.3, 0.4) is 0 Å². The van der Waals surface area contributed by atoms with Gasteiger partial charge in [0, 0.05) is 6.42 Å². The number of hydrogen-bond acceptors (Lipinski definition) is 2. The zero-order valence-electron chi connectivity index (χ0n) is 10.7. The lowest BCUT2D eigenvalue weighted by molar-refractivity contribution is -0.139. The molecule has 1 rings (SSSR count). The van der Waals surface area contributed by atoms with E-state index in [0.717, 1.165) is 6.07 Å². The summed E-state index contributed by atoms with van der Waals surface area (Å²) in [6.45, 7) is 1.42. The fourth-order valence-corrected chi connectivity index (χ4v) is 1.74. The Balaban J connectivity index is 2.80. The van der Waals surface area contributed by atoms with E-state index >= 15 is 0 Å². The largest absolute Gasteiger partial charge is 0.481 e. The summed E-state index contributed by atoms with van der Waals surface area (Å²) in [6, 6.07) is 4.09. The summed E-state index contributed by atoms with van der Waals surface area (Å²) in [5.74, 6) is -1.74. The molecule has 0 aliphatic heterocycles. The fourth-order valence-electron chi connectivity index (χ4n) is 1.74. The predicted octanol–water partition coefficient (Wildman–Crippen LogP) is 2.75. The van der Waals surface area contributed by atoms with Crippen LogP contribution in [0.15, 0.2) is 24.3 Å². The summed E-state index contributed by atoms with van der Waals surface area (Å²) in [6.07, 6.45) is -5.13. The van der Waals surface area contributed by atoms with Gasteiger partial charge in [-0.3, -0.25) is 9.59 Å². The molecule has 1 aromatic carbocycles. The first-order valence-electron chi connectivity index (χ1n) is 5.89. The number of rotatable bonds is 5. The van der Waals surface area contributed by atoms with Gasteiger partial charge >= 0.3 is 12.1 Å². The first-order valence-corrected chi connectivity index (χ1v) is 5.89. The summed E-state index contributed by atoms with van der Waals surface area (Å²) in [7, 11) is 0. The number of carbonyl (C=O) groups is 2. The van der Waals surface area contributed by atoms with E-state index in [1.54, 1.807) is 0 Å². The van der Waals surface area contributed by atoms with Gasteiger partial charge < -0.3 is 10.4 Å². The first-order chi connectivity index (χ1) is 9.21. The van der Waals surface area contributed by atoms with Crippen molar-refractivity contribution in [2.75, 3.05) is 0 Å². The van der Waals surface area contributed by atoms with Crippen LogP contribution in [0.5, 0.6) is 0 Å². The van der Waals surface area contributed by atoms with Gasteiger partial charge in [0.1, 0.15) is 0 Å². The Morgan fingerprint density at radius 2 is 1.85 bits per heavy atom. The number of benzene rings is 1. The van der Waals surface area contributed by atoms with Gasteiger partial charge in [-0.25, -0.2) is 0 Å². The molecule has 0 aliphatic carbocycles. The monoisotopic (exact) mass is 289 g/mol. The molecule has 0 aromatic heterocycles. The lowest BCUT2D eigenvalue weighted by atomic mass is 10.0. The number of halogens is 3. The zero-order chi connectivity index (χ0) is 15.3. The van der Waals surface area contributed by atoms with Gasteiger partial charge in [-0.05, 0) is 18.6 Å². The van der Waals surface area contributed by atoms with Crippen molar-refractivity contribution < 1.29 is 27.9 Å². The Labute approximate surface area is 113 Å². The lowest BCUT2D eigenvalue weighted by Crippen LogP contribution is -2.28. The first kappa shape index (κ1) is 16.0. The van der Waals surface area contributed by atoms with Crippen LogP contribution in [0.1, 0.15) is 36.9 Å². The maximum absolute atomic E-state index is 12.8. The Kier molecular flexibility index (Phi) is 5.12. The molecule has 4 nitrogen and oxygen atoms in total. The van der Waals surface area contributed by atoms with Gasteiger partial charge in [0.25, 0.3) is 0 Å². The van der Waals surface area contributed by atoms with E-state index in [-0.39, 0.29) is 18.4 Å². The van der Waals surface area contributed by atoms with Crippen LogP contribution < -0.4 is 5.32 Å². The molecule has 110 valence electrons. The van der Waals surface area contributed by atoms with E-state index in [1.165, 1.54) is 25.1 Å². The van der Waals surface area contributed by atoms with E-state index in [0.29, 0.717) is 0 Å². The molecule has 0 fully saturated rings. The molecule has 1 aromatic rings. The van der Waals surface area contributed by atoms with Crippen LogP contribution in [0.4, 0.5) is 13.2 Å². The summed E-state index contributed by atoms with van der Waals surface area (Å²) < 4.78 is 38.4. The SMILES string of the molecule is C[C@H](NC(=O)CCC(=O)O)c1ccccc1C(F)(F)F. The minimum Gasteiger partial charge on any atom is -0.481 e. The zero-order valence-corrected chi connectivity index (χ0v) is 10.7. The molecule has 0 unspecified atom stereocenters. The minimum absolute atomic E-state index is 0.0522. The maximum atomic E-state index is 12.8. The van der Waals surface area contributed by atoms with Gasteiger partial charge in [0.15, 0.2) is 0 Å². The predicted molar refractivity (Wildman–Crippen MR) is 64.9 cm³/mol. The van der Waals surface area contributed by atoms with Crippen LogP contribution >= 0.6 is 0 Å². The molecular weight excluding hydrogens is 275 g/mol. The number of amides is 1. The van der Waals surface area contributed by atoms with E-state index in [2.05, 4.69) is 5.32 Å². The van der Waals surface area contributed by atoms with Crippen molar-refractivity contribution in [1.82, 2.24) is 5.32 Å². The summed E-state index contributed by atoms with van der Waals surface area (Å²) >= 11 is 0. The fraction of sp³-hybridized carbons (Fsp3) is 0.385. The molecular formula is C13H14F3NO3. The quantitative estimate of drug-likeness (QED) is 0.876. The molecule has 20 heavy (non-hydrogen) atoms. The standard InChI is InChI=1S/C13H14F3NO3/c1-8(17-11(18)6-7-12(19)20)9-4-2-3-5-10(9)13(14,15)16/h2-5,8H,6-7H2,1H3,(H,17,18)(H,19,20)/t8-/m0/s1. The molecule has 0 spiro atoms. The van der Waals surface area contributed by atoms with Gasteiger partial charge in [-0.1, -0.05) is 18.2 Å². The third-order valence-corrected chi connectivity index (χ3v) is 2.68. The third-order valence-electron chi connectivity index (χ3n) is 2.68. The minimum atomic E-state index is -4.50. The van der Waals surface area contributed by atoms with Crippen molar-refractivity contribution in [3.05, 3.63) is 35.4 Å². The molecule has 7 heteroatoms. The molecule has 0 saturated heterocycles. The van der Waals surface area contributed by atoms with E-state index in [1.807, 2.05) is 0 Å². The van der Waals surface area contributed by atoms with Crippen molar-refractivity contribution in [3.8, 4) is 0 Å². The number of carboxylic acids is 1. The average Bonchev–Trinajstić information content (AvgIpc) is 2.35. The van der Waals surface area contributed by atoms with E-state index < -0.39 is 29.7 Å². The number of aliphatic carboxylic acids is 1. The van der Waals surface area contributed by atoms with E-state index in [4.69, 9.17) is 5.11 Å². The summed E-state index contributed by atoms with van der Waals surface area (Å²) in [5, 5.41) is 10.8. The van der Waals surface area contributed by atoms with Crippen LogP contribution in [0, 0.1) is 0 Å². The molecule has 0 radical (unpaired) electrons. The van der Waals surface area contributed by atoms with Crippen molar-refractivity contribution in [3.63, 3.8) is 0 Å². The van der Waals surface area contributed by atoms with Gasteiger partial charge in [0.05, 0.1) is 18.0 Å². The van der Waals surface area contributed by atoms with Crippen LogP contribution in [0.2, 0.25) is 0 Å². The highest BCUT2D eigenvalue weighted by Gasteiger charge is 2.34. The van der Waals surface area contributed by atoms with Crippen molar-refractivity contribution in [1.29, 1.82) is 0 Å². The van der Waals surface area contributed by atoms with Crippen LogP contribution in [-0.2, 0) is 15.8 Å². The summed E-state index contributed by atoms with van der Waals surface area (Å²) in [5.41, 5.74) is -0.866. The molecule has 1 atom stereocenters. The smallest absolute Gasteiger partial charge is 0.416 e. The Morgan fingerprint density at radius 3 is 2.40 bits per heavy atom. The number of hydrogen-bond donors (Lipinski definition) is 2. The number of carbonyl (C=O) groups excluding carboxylic acids is 1. The Morgan fingerprint density at radius 1 is 1.25 bits per heavy atom. The summed E-state index contributed by atoms with van der Waals surface area (Å²) in [4.78, 5) is 21.8. The Bertz CT molecular complexity index is 500. The highest BCUT2D eigenvalue weighted by atomic mass is 19.4. The number of alkyl halides is 3. The topological polar surface area (TPSA) is 66.4 Å². The van der Waals surface area contributed by atoms with E-state index in [9.17, 15) is 22.8 Å². The second-order valence-electron chi connectivity index (χ2n) is 4.27. The lowest BCUT2D eigenvalue weighted by Gasteiger charge is -2.19. The van der Waals surface area contributed by atoms with Gasteiger partial charge in [-0.2, -0.15) is 13.2 Å². The average molecular weight is 289 g/mol. The molecule has 0 aliphatic rings. The molecule has 1 amide bonds. The highest BCUT2D eigenvalue weighted by molar-refractivity contribution is 5.80. The van der Waals surface area contributed by atoms with Crippen molar-refractivity contribution in [2.24, 2.45) is 0 Å². The van der Waals surface area contributed by atoms with Gasteiger partial charge in [-0.15, -0.1) is 0 Å². The Hall–Kier alpha value is -2.05. The molecule has 0 heterocycles. The molecule has 2 N–H and O–H groups in total. The van der Waals surface area contributed by atoms with Crippen molar-refractivity contribution >= 4 is 11.9 Å². The number of nitrogens with one attached hydrogen (secondary N) is 1.